The van der Waals surface area contributed by atoms with Crippen LogP contribution < -0.4 is 10.5 Å². The predicted octanol–water partition coefficient (Wildman–Crippen LogP) is 1.56. The van der Waals surface area contributed by atoms with Crippen LogP contribution in [0.25, 0.3) is 0 Å². The summed E-state index contributed by atoms with van der Waals surface area (Å²) in [5.74, 6) is -0.729. The highest BCUT2D eigenvalue weighted by molar-refractivity contribution is 7.92. The summed E-state index contributed by atoms with van der Waals surface area (Å²) in [7, 11) is -2.26. The van der Waals surface area contributed by atoms with E-state index in [0.717, 1.165) is 6.07 Å². The van der Waals surface area contributed by atoms with Crippen LogP contribution in [0.3, 0.4) is 0 Å². The average molecular weight is 298 g/mol. The number of nitrogen functional groups attached to an aromatic ring is 1. The Labute approximate surface area is 116 Å². The molecule has 6 nitrogen and oxygen atoms in total. The first-order chi connectivity index (χ1) is 9.22. The molecule has 0 aliphatic rings. The zero-order chi connectivity index (χ0) is 15.1. The number of hydrogen-bond donors (Lipinski definition) is 2. The van der Waals surface area contributed by atoms with Gasteiger partial charge in [-0.1, -0.05) is 0 Å². The first-order valence-corrected chi connectivity index (χ1v) is 7.28. The van der Waals surface area contributed by atoms with E-state index in [-0.39, 0.29) is 16.3 Å². The maximum Gasteiger partial charge on any atom is 0.265 e. The molecule has 1 aromatic carbocycles. The van der Waals surface area contributed by atoms with Gasteiger partial charge in [-0.25, -0.2) is 12.8 Å². The van der Waals surface area contributed by atoms with E-state index < -0.39 is 15.8 Å². The Morgan fingerprint density at radius 3 is 2.50 bits per heavy atom. The van der Waals surface area contributed by atoms with Gasteiger partial charge in [0, 0.05) is 12.7 Å². The first-order valence-electron chi connectivity index (χ1n) is 5.80. The molecular formula is C12H15FN4O2S. The molecule has 1 heterocycles. The van der Waals surface area contributed by atoms with Crippen molar-refractivity contribution in [3.63, 3.8) is 0 Å². The number of nitrogens with two attached hydrogens (primary N) is 1. The Balaban J connectivity index is 2.46. The molecule has 8 heteroatoms. The van der Waals surface area contributed by atoms with Gasteiger partial charge in [-0.05, 0) is 32.0 Å². The van der Waals surface area contributed by atoms with Gasteiger partial charge in [-0.15, -0.1) is 0 Å². The zero-order valence-corrected chi connectivity index (χ0v) is 12.1. The summed E-state index contributed by atoms with van der Waals surface area (Å²) >= 11 is 0. The maximum absolute atomic E-state index is 13.7. The van der Waals surface area contributed by atoms with Crippen LogP contribution in [0.5, 0.6) is 0 Å². The van der Waals surface area contributed by atoms with Gasteiger partial charge in [0.1, 0.15) is 10.7 Å². The Kier molecular flexibility index (Phi) is 3.43. The van der Waals surface area contributed by atoms with Crippen LogP contribution in [0.15, 0.2) is 23.1 Å². The predicted molar refractivity (Wildman–Crippen MR) is 74.3 cm³/mol. The van der Waals surface area contributed by atoms with Crippen molar-refractivity contribution in [1.29, 1.82) is 0 Å². The minimum absolute atomic E-state index is 0.0521. The van der Waals surface area contributed by atoms with Gasteiger partial charge in [-0.2, -0.15) is 5.10 Å². The molecule has 0 aliphatic heterocycles. The summed E-state index contributed by atoms with van der Waals surface area (Å²) in [5.41, 5.74) is 6.33. The Bertz CT molecular complexity index is 768. The van der Waals surface area contributed by atoms with Crippen molar-refractivity contribution in [2.45, 2.75) is 18.7 Å². The molecule has 2 aromatic rings. The molecule has 3 N–H and O–H groups in total. The molecule has 0 aliphatic carbocycles. The smallest absolute Gasteiger partial charge is 0.265 e. The lowest BCUT2D eigenvalue weighted by atomic mass is 10.3. The van der Waals surface area contributed by atoms with E-state index >= 15 is 0 Å². The standard InChI is InChI=1S/C12H15FN4O2S/c1-7-12(8(2)17(3)15-7)20(18,19)16-11-5-4-9(14)6-10(11)13/h4-6,16H,14H2,1-3H3. The summed E-state index contributed by atoms with van der Waals surface area (Å²) in [5, 5.41) is 4.04. The van der Waals surface area contributed by atoms with Crippen molar-refractivity contribution >= 4 is 21.4 Å². The number of hydrogen-bond acceptors (Lipinski definition) is 4. The molecule has 0 unspecified atom stereocenters. The lowest BCUT2D eigenvalue weighted by molar-refractivity contribution is 0.597. The highest BCUT2D eigenvalue weighted by atomic mass is 32.2. The van der Waals surface area contributed by atoms with Crippen LogP contribution >= 0.6 is 0 Å². The molecule has 0 saturated heterocycles. The summed E-state index contributed by atoms with van der Waals surface area (Å²) in [6.45, 7) is 3.22. The molecule has 2 rings (SSSR count). The maximum atomic E-state index is 13.7. The number of nitrogens with zero attached hydrogens (tertiary/aromatic N) is 2. The Morgan fingerprint density at radius 2 is 2.00 bits per heavy atom. The fourth-order valence-electron chi connectivity index (χ4n) is 1.95. The van der Waals surface area contributed by atoms with Crippen LogP contribution in [0.1, 0.15) is 11.4 Å². The van der Waals surface area contributed by atoms with E-state index in [0.29, 0.717) is 11.4 Å². The number of aryl methyl sites for hydroxylation is 2. The third-order valence-corrected chi connectivity index (χ3v) is 4.57. The highest BCUT2D eigenvalue weighted by Crippen LogP contribution is 2.24. The van der Waals surface area contributed by atoms with E-state index in [1.807, 2.05) is 0 Å². The second-order valence-corrected chi connectivity index (χ2v) is 6.09. The number of rotatable bonds is 3. The lowest BCUT2D eigenvalue weighted by Crippen LogP contribution is -2.16. The monoisotopic (exact) mass is 298 g/mol. The van der Waals surface area contributed by atoms with Gasteiger partial charge < -0.3 is 5.73 Å². The third kappa shape index (κ3) is 2.46. The minimum Gasteiger partial charge on any atom is -0.399 e. The fourth-order valence-corrected chi connectivity index (χ4v) is 3.46. The number of aromatic nitrogens is 2. The summed E-state index contributed by atoms with van der Waals surface area (Å²) in [4.78, 5) is 0.0521. The normalized spacial score (nSPS) is 11.6. The number of nitrogens with one attached hydrogen (secondary N) is 1. The summed E-state index contributed by atoms with van der Waals surface area (Å²) in [6.07, 6.45) is 0. The molecule has 108 valence electrons. The second-order valence-electron chi connectivity index (χ2n) is 4.47. The molecule has 0 spiro atoms. The van der Waals surface area contributed by atoms with Crippen LogP contribution in [0.4, 0.5) is 15.8 Å². The fraction of sp³-hybridized carbons (Fsp3) is 0.250. The molecule has 0 fully saturated rings. The van der Waals surface area contributed by atoms with Gasteiger partial charge in [0.05, 0.1) is 17.1 Å². The van der Waals surface area contributed by atoms with Crippen molar-refractivity contribution in [2.24, 2.45) is 7.05 Å². The molecule has 0 bridgehead atoms. The number of anilines is 2. The summed E-state index contributed by atoms with van der Waals surface area (Å²) < 4.78 is 42.0. The van der Waals surface area contributed by atoms with Crippen LogP contribution in [-0.2, 0) is 17.1 Å². The first kappa shape index (κ1) is 14.3. The minimum atomic E-state index is -3.90. The number of sulfonamides is 1. The number of halogens is 1. The van der Waals surface area contributed by atoms with Crippen molar-refractivity contribution in [3.8, 4) is 0 Å². The molecule has 0 atom stereocenters. The molecular weight excluding hydrogens is 283 g/mol. The van der Waals surface area contributed by atoms with Gasteiger partial charge in [0.15, 0.2) is 0 Å². The molecule has 20 heavy (non-hydrogen) atoms. The summed E-state index contributed by atoms with van der Waals surface area (Å²) in [6, 6.07) is 3.76. The van der Waals surface area contributed by atoms with Crippen LogP contribution in [0.2, 0.25) is 0 Å². The molecule has 0 radical (unpaired) electrons. The molecule has 1 aromatic heterocycles. The van der Waals surface area contributed by atoms with Crippen molar-refractivity contribution in [1.82, 2.24) is 9.78 Å². The van der Waals surface area contributed by atoms with Crippen molar-refractivity contribution < 1.29 is 12.8 Å². The Hall–Kier alpha value is -2.09. The quantitative estimate of drug-likeness (QED) is 0.841. The van der Waals surface area contributed by atoms with Crippen LogP contribution in [-0.4, -0.2) is 18.2 Å². The highest BCUT2D eigenvalue weighted by Gasteiger charge is 2.24. The molecule has 0 saturated carbocycles. The molecule has 0 amide bonds. The van der Waals surface area contributed by atoms with E-state index in [1.54, 1.807) is 20.9 Å². The third-order valence-electron chi connectivity index (χ3n) is 2.95. The van der Waals surface area contributed by atoms with Gasteiger partial charge >= 0.3 is 0 Å². The van der Waals surface area contributed by atoms with Crippen LogP contribution in [0, 0.1) is 19.7 Å². The largest absolute Gasteiger partial charge is 0.399 e. The number of benzene rings is 1. The Morgan fingerprint density at radius 1 is 1.35 bits per heavy atom. The lowest BCUT2D eigenvalue weighted by Gasteiger charge is -2.09. The van der Waals surface area contributed by atoms with Gasteiger partial charge in [0.2, 0.25) is 0 Å². The van der Waals surface area contributed by atoms with E-state index in [4.69, 9.17) is 5.73 Å². The topological polar surface area (TPSA) is 90.0 Å². The van der Waals surface area contributed by atoms with E-state index in [2.05, 4.69) is 9.82 Å². The van der Waals surface area contributed by atoms with E-state index in [1.165, 1.54) is 16.8 Å². The van der Waals surface area contributed by atoms with Crippen molar-refractivity contribution in [2.75, 3.05) is 10.5 Å². The van der Waals surface area contributed by atoms with Gasteiger partial charge in [-0.3, -0.25) is 9.40 Å². The van der Waals surface area contributed by atoms with Crippen molar-refractivity contribution in [3.05, 3.63) is 35.4 Å². The SMILES string of the molecule is Cc1nn(C)c(C)c1S(=O)(=O)Nc1ccc(N)cc1F. The second kappa shape index (κ2) is 4.78. The zero-order valence-electron chi connectivity index (χ0n) is 11.3. The van der Waals surface area contributed by atoms with Gasteiger partial charge in [0.25, 0.3) is 10.0 Å². The average Bonchev–Trinajstić information content (AvgIpc) is 2.57. The van der Waals surface area contributed by atoms with E-state index in [9.17, 15) is 12.8 Å².